The van der Waals surface area contributed by atoms with Gasteiger partial charge in [0.25, 0.3) is 0 Å². The SMILES string of the molecule is C=CCn1ccc([C@H](C#N)OC(=O)[C@@H]2[C@H](C=C(Br)Br)C2(C)C)c1. The molecular formula is C17H18Br2N2O2. The number of hydrogen-bond acceptors (Lipinski definition) is 3. The first-order valence-corrected chi connectivity index (χ1v) is 8.79. The summed E-state index contributed by atoms with van der Waals surface area (Å²) in [7, 11) is 0. The lowest BCUT2D eigenvalue weighted by molar-refractivity contribution is -0.149. The number of nitrogens with zero attached hydrogens (tertiary/aromatic N) is 2. The molecule has 0 spiro atoms. The first-order valence-electron chi connectivity index (χ1n) is 7.20. The molecule has 0 unspecified atom stereocenters. The van der Waals surface area contributed by atoms with Crippen LogP contribution in [0.15, 0.2) is 40.6 Å². The van der Waals surface area contributed by atoms with Gasteiger partial charge in [-0.2, -0.15) is 5.26 Å². The summed E-state index contributed by atoms with van der Waals surface area (Å²) in [4.78, 5) is 12.4. The van der Waals surface area contributed by atoms with Gasteiger partial charge in [-0.25, -0.2) is 0 Å². The highest BCUT2D eigenvalue weighted by atomic mass is 79.9. The van der Waals surface area contributed by atoms with Crippen molar-refractivity contribution in [2.24, 2.45) is 17.3 Å². The Morgan fingerprint density at radius 2 is 2.30 bits per heavy atom. The minimum Gasteiger partial charge on any atom is -0.442 e. The lowest BCUT2D eigenvalue weighted by atomic mass is 10.1. The minimum atomic E-state index is -0.887. The van der Waals surface area contributed by atoms with E-state index in [1.807, 2.05) is 30.7 Å². The summed E-state index contributed by atoms with van der Waals surface area (Å²) in [5, 5.41) is 9.33. The Morgan fingerprint density at radius 3 is 2.87 bits per heavy atom. The zero-order chi connectivity index (χ0) is 17.2. The molecule has 0 amide bonds. The zero-order valence-electron chi connectivity index (χ0n) is 13.0. The normalized spacial score (nSPS) is 22.6. The summed E-state index contributed by atoms with van der Waals surface area (Å²) in [5.41, 5.74) is 0.508. The van der Waals surface area contributed by atoms with E-state index >= 15 is 0 Å². The van der Waals surface area contributed by atoms with Gasteiger partial charge in [0, 0.05) is 24.5 Å². The molecule has 1 aromatic heterocycles. The molecule has 4 nitrogen and oxygen atoms in total. The van der Waals surface area contributed by atoms with E-state index in [0.717, 1.165) is 3.39 Å². The van der Waals surface area contributed by atoms with E-state index in [9.17, 15) is 10.1 Å². The molecule has 1 aliphatic carbocycles. The van der Waals surface area contributed by atoms with Crippen LogP contribution in [0.2, 0.25) is 0 Å². The van der Waals surface area contributed by atoms with Gasteiger partial charge in [0.1, 0.15) is 6.07 Å². The second-order valence-corrected chi connectivity index (χ2v) is 8.93. The average molecular weight is 442 g/mol. The largest absolute Gasteiger partial charge is 0.442 e. The second-order valence-electron chi connectivity index (χ2n) is 6.16. The standard InChI is InChI=1S/C17H18Br2N2O2/c1-4-6-21-7-5-11(10-21)13(9-20)23-16(22)15-12(8-14(18)19)17(15,2)3/h4-5,7-8,10,12-13,15H,1,6H2,2-3H3/t12-,13-,15-/m0/s1. The van der Waals surface area contributed by atoms with E-state index < -0.39 is 6.10 Å². The van der Waals surface area contributed by atoms with E-state index in [0.29, 0.717) is 12.1 Å². The van der Waals surface area contributed by atoms with Gasteiger partial charge in [-0.15, -0.1) is 6.58 Å². The number of aromatic nitrogens is 1. The third-order valence-corrected chi connectivity index (χ3v) is 4.77. The van der Waals surface area contributed by atoms with E-state index in [2.05, 4.69) is 44.5 Å². The van der Waals surface area contributed by atoms with Gasteiger partial charge in [0.05, 0.1) is 9.31 Å². The molecule has 2 rings (SSSR count). The summed E-state index contributed by atoms with van der Waals surface area (Å²) in [6, 6.07) is 3.84. The Labute approximate surface area is 153 Å². The fraction of sp³-hybridized carbons (Fsp3) is 0.412. The summed E-state index contributed by atoms with van der Waals surface area (Å²) in [6.45, 7) is 8.36. The Hall–Kier alpha value is -1.32. The molecule has 122 valence electrons. The number of esters is 1. The Balaban J connectivity index is 2.07. The first kappa shape index (κ1) is 18.0. The molecule has 0 aliphatic heterocycles. The summed E-state index contributed by atoms with van der Waals surface area (Å²) < 4.78 is 8.15. The van der Waals surface area contributed by atoms with Crippen LogP contribution < -0.4 is 0 Å². The molecule has 0 aromatic carbocycles. The second kappa shape index (κ2) is 7.06. The van der Waals surface area contributed by atoms with Crippen LogP contribution in [0.5, 0.6) is 0 Å². The molecular weight excluding hydrogens is 424 g/mol. The highest BCUT2D eigenvalue weighted by molar-refractivity contribution is 9.28. The Morgan fingerprint density at radius 1 is 1.61 bits per heavy atom. The van der Waals surface area contributed by atoms with Crippen molar-refractivity contribution >= 4 is 37.8 Å². The van der Waals surface area contributed by atoms with Crippen molar-refractivity contribution in [1.82, 2.24) is 4.57 Å². The van der Waals surface area contributed by atoms with Crippen molar-refractivity contribution in [3.63, 3.8) is 0 Å². The van der Waals surface area contributed by atoms with Crippen molar-refractivity contribution in [1.29, 1.82) is 5.26 Å². The number of carbonyl (C=O) groups excluding carboxylic acids is 1. The van der Waals surface area contributed by atoms with Crippen LogP contribution in [-0.2, 0) is 16.1 Å². The molecule has 1 aliphatic rings. The predicted molar refractivity (Wildman–Crippen MR) is 95.8 cm³/mol. The summed E-state index contributed by atoms with van der Waals surface area (Å²) in [5.74, 6) is -0.479. The maximum Gasteiger partial charge on any atom is 0.311 e. The smallest absolute Gasteiger partial charge is 0.311 e. The third kappa shape index (κ3) is 3.96. The van der Waals surface area contributed by atoms with Crippen molar-refractivity contribution in [2.75, 3.05) is 0 Å². The molecule has 1 heterocycles. The van der Waals surface area contributed by atoms with E-state index in [1.165, 1.54) is 0 Å². The van der Waals surface area contributed by atoms with Crippen LogP contribution in [0.4, 0.5) is 0 Å². The number of halogens is 2. The topological polar surface area (TPSA) is 55.0 Å². The number of hydrogen-bond donors (Lipinski definition) is 0. The van der Waals surface area contributed by atoms with E-state index in [1.54, 1.807) is 18.3 Å². The van der Waals surface area contributed by atoms with Crippen LogP contribution in [0.3, 0.4) is 0 Å². The minimum absolute atomic E-state index is 0.0912. The number of nitriles is 1. The monoisotopic (exact) mass is 440 g/mol. The highest BCUT2D eigenvalue weighted by Gasteiger charge is 2.61. The van der Waals surface area contributed by atoms with Gasteiger partial charge >= 0.3 is 5.97 Å². The Bertz CT molecular complexity index is 681. The molecule has 0 bridgehead atoms. The number of rotatable bonds is 6. The number of allylic oxidation sites excluding steroid dienone is 2. The van der Waals surface area contributed by atoms with Crippen LogP contribution >= 0.6 is 31.9 Å². The van der Waals surface area contributed by atoms with Crippen molar-refractivity contribution < 1.29 is 9.53 Å². The van der Waals surface area contributed by atoms with Gasteiger partial charge in [-0.1, -0.05) is 26.0 Å². The third-order valence-electron chi connectivity index (χ3n) is 4.24. The van der Waals surface area contributed by atoms with Crippen molar-refractivity contribution in [3.8, 4) is 6.07 Å². The number of ether oxygens (including phenoxy) is 1. The van der Waals surface area contributed by atoms with Gasteiger partial charge in [0.2, 0.25) is 6.10 Å². The van der Waals surface area contributed by atoms with Crippen molar-refractivity contribution in [3.05, 3.63) is 46.1 Å². The van der Waals surface area contributed by atoms with Gasteiger partial charge in [-0.05, 0) is 49.3 Å². The lowest BCUT2D eigenvalue weighted by Crippen LogP contribution is -2.14. The molecule has 1 saturated carbocycles. The summed E-state index contributed by atoms with van der Waals surface area (Å²) in [6.07, 6.45) is 6.46. The molecule has 23 heavy (non-hydrogen) atoms. The Kier molecular flexibility index (Phi) is 5.53. The predicted octanol–water partition coefficient (Wildman–Crippen LogP) is 4.69. The average Bonchev–Trinajstić information content (AvgIpc) is 2.83. The fourth-order valence-electron chi connectivity index (χ4n) is 2.81. The highest BCUT2D eigenvalue weighted by Crippen LogP contribution is 2.60. The van der Waals surface area contributed by atoms with Crippen LogP contribution in [-0.4, -0.2) is 10.5 Å². The van der Waals surface area contributed by atoms with Gasteiger partial charge in [0.15, 0.2) is 0 Å². The van der Waals surface area contributed by atoms with E-state index in [4.69, 9.17) is 4.74 Å². The molecule has 0 saturated heterocycles. The summed E-state index contributed by atoms with van der Waals surface area (Å²) >= 11 is 6.65. The van der Waals surface area contributed by atoms with Gasteiger partial charge in [-0.3, -0.25) is 4.79 Å². The van der Waals surface area contributed by atoms with Crippen LogP contribution in [0, 0.1) is 28.6 Å². The molecule has 0 radical (unpaired) electrons. The molecule has 3 atom stereocenters. The first-order chi connectivity index (χ1) is 10.8. The lowest BCUT2D eigenvalue weighted by Gasteiger charge is -2.10. The number of carbonyl (C=O) groups is 1. The quantitative estimate of drug-likeness (QED) is 0.475. The van der Waals surface area contributed by atoms with Crippen molar-refractivity contribution in [2.45, 2.75) is 26.5 Å². The van der Waals surface area contributed by atoms with Crippen LogP contribution in [0.25, 0.3) is 0 Å². The maximum absolute atomic E-state index is 12.4. The molecule has 6 heteroatoms. The molecule has 1 fully saturated rings. The maximum atomic E-state index is 12.4. The molecule has 1 aromatic rings. The fourth-order valence-corrected chi connectivity index (χ4v) is 3.38. The van der Waals surface area contributed by atoms with Gasteiger partial charge < -0.3 is 9.30 Å². The zero-order valence-corrected chi connectivity index (χ0v) is 16.2. The molecule has 0 N–H and O–H groups in total. The van der Waals surface area contributed by atoms with Crippen LogP contribution in [0.1, 0.15) is 25.5 Å². The van der Waals surface area contributed by atoms with E-state index in [-0.39, 0.29) is 23.2 Å².